The van der Waals surface area contributed by atoms with Gasteiger partial charge in [0.05, 0.1) is 12.2 Å². The maximum atomic E-state index is 12.2. The summed E-state index contributed by atoms with van der Waals surface area (Å²) in [6.45, 7) is 7.30. The van der Waals surface area contributed by atoms with Gasteiger partial charge in [0.2, 0.25) is 0 Å². The lowest BCUT2D eigenvalue weighted by atomic mass is 10.1. The van der Waals surface area contributed by atoms with Gasteiger partial charge in [0.25, 0.3) is 5.91 Å². The molecule has 0 atom stereocenters. The number of hydrogen-bond acceptors (Lipinski definition) is 3. The third kappa shape index (κ3) is 4.26. The van der Waals surface area contributed by atoms with Crippen molar-refractivity contribution in [1.82, 2.24) is 15.1 Å². The van der Waals surface area contributed by atoms with Gasteiger partial charge in [-0.05, 0) is 44.0 Å². The van der Waals surface area contributed by atoms with E-state index in [1.807, 2.05) is 39.0 Å². The highest BCUT2D eigenvalue weighted by atomic mass is 35.5. The number of alkyl halides is 1. The number of benzene rings is 1. The smallest absolute Gasteiger partial charge is 0.269 e. The summed E-state index contributed by atoms with van der Waals surface area (Å²) in [6, 6.07) is 7.59. The molecular formula is C17H22ClN3O2. The van der Waals surface area contributed by atoms with E-state index in [2.05, 4.69) is 10.4 Å². The molecule has 0 bridgehead atoms. The van der Waals surface area contributed by atoms with E-state index >= 15 is 0 Å². The second kappa shape index (κ2) is 8.02. The van der Waals surface area contributed by atoms with Crippen LogP contribution in [-0.4, -0.2) is 28.8 Å². The monoisotopic (exact) mass is 335 g/mol. The minimum Gasteiger partial charge on any atom is -0.491 e. The summed E-state index contributed by atoms with van der Waals surface area (Å²) < 4.78 is 7.43. The van der Waals surface area contributed by atoms with Crippen molar-refractivity contribution < 1.29 is 9.53 Å². The fourth-order valence-electron chi connectivity index (χ4n) is 2.35. The molecule has 0 unspecified atom stereocenters. The van der Waals surface area contributed by atoms with E-state index in [1.165, 1.54) is 0 Å². The van der Waals surface area contributed by atoms with Crippen LogP contribution < -0.4 is 10.1 Å². The molecule has 6 heteroatoms. The number of nitrogens with one attached hydrogen (secondary N) is 1. The fraction of sp³-hybridized carbons (Fsp3) is 0.412. The number of rotatable bonds is 7. The summed E-state index contributed by atoms with van der Waals surface area (Å²) in [6.07, 6.45) is 0. The van der Waals surface area contributed by atoms with Gasteiger partial charge in [0.15, 0.2) is 0 Å². The Morgan fingerprint density at radius 1 is 1.39 bits per heavy atom. The summed E-state index contributed by atoms with van der Waals surface area (Å²) in [7, 11) is 0. The molecule has 1 aromatic heterocycles. The van der Waals surface area contributed by atoms with E-state index < -0.39 is 0 Å². The number of amides is 1. The quantitative estimate of drug-likeness (QED) is 0.625. The average Bonchev–Trinajstić information content (AvgIpc) is 2.93. The average molecular weight is 336 g/mol. The van der Waals surface area contributed by atoms with Gasteiger partial charge in [-0.25, -0.2) is 0 Å². The maximum absolute atomic E-state index is 12.2. The third-order valence-corrected chi connectivity index (χ3v) is 3.91. The molecule has 1 amide bonds. The molecule has 0 aliphatic carbocycles. The van der Waals surface area contributed by atoms with Crippen molar-refractivity contribution in [2.45, 2.75) is 33.2 Å². The molecule has 2 rings (SSSR count). The molecule has 2 aromatic rings. The van der Waals surface area contributed by atoms with Crippen LogP contribution in [0.5, 0.6) is 5.75 Å². The lowest BCUT2D eigenvalue weighted by Crippen LogP contribution is -2.30. The Hall–Kier alpha value is -2.01. The molecule has 0 saturated carbocycles. The molecule has 0 radical (unpaired) electrons. The van der Waals surface area contributed by atoms with Crippen LogP contribution in [0.3, 0.4) is 0 Å². The van der Waals surface area contributed by atoms with E-state index in [9.17, 15) is 4.79 Å². The molecule has 124 valence electrons. The number of aryl methyl sites for hydroxylation is 2. The maximum Gasteiger partial charge on any atom is 0.269 e. The lowest BCUT2D eigenvalue weighted by Gasteiger charge is -2.12. The molecule has 0 aliphatic heterocycles. The molecule has 1 heterocycles. The Balaban J connectivity index is 1.87. The Morgan fingerprint density at radius 3 is 2.87 bits per heavy atom. The Bertz CT molecular complexity index is 682. The zero-order valence-corrected chi connectivity index (χ0v) is 14.5. The first kappa shape index (κ1) is 17.3. The van der Waals surface area contributed by atoms with Crippen molar-refractivity contribution >= 4 is 17.5 Å². The van der Waals surface area contributed by atoms with Crippen molar-refractivity contribution in [1.29, 1.82) is 0 Å². The van der Waals surface area contributed by atoms with Gasteiger partial charge >= 0.3 is 0 Å². The number of nitrogens with zero attached hydrogens (tertiary/aromatic N) is 2. The zero-order valence-electron chi connectivity index (χ0n) is 13.7. The number of carbonyl (C=O) groups excluding carboxylic acids is 1. The third-order valence-electron chi connectivity index (χ3n) is 3.62. The molecule has 1 N–H and O–H groups in total. The van der Waals surface area contributed by atoms with E-state index in [0.29, 0.717) is 31.3 Å². The predicted molar refractivity (Wildman–Crippen MR) is 91.2 cm³/mol. The zero-order chi connectivity index (χ0) is 16.8. The molecule has 0 aliphatic rings. The van der Waals surface area contributed by atoms with E-state index in [0.717, 1.165) is 22.6 Å². The van der Waals surface area contributed by atoms with Crippen LogP contribution in [0.1, 0.15) is 34.2 Å². The molecule has 5 nitrogen and oxygen atoms in total. The highest BCUT2D eigenvalue weighted by molar-refractivity contribution is 6.17. The number of carbonyl (C=O) groups is 1. The summed E-state index contributed by atoms with van der Waals surface area (Å²) in [5.74, 6) is 1.12. The van der Waals surface area contributed by atoms with Gasteiger partial charge in [0.1, 0.15) is 18.1 Å². The van der Waals surface area contributed by atoms with Crippen molar-refractivity contribution in [3.63, 3.8) is 0 Å². The summed E-state index contributed by atoms with van der Waals surface area (Å²) in [5.41, 5.74) is 3.50. The fourth-order valence-corrected chi connectivity index (χ4v) is 2.64. The van der Waals surface area contributed by atoms with Crippen LogP contribution in [0, 0.1) is 13.8 Å². The topological polar surface area (TPSA) is 56.2 Å². The first-order valence-electron chi connectivity index (χ1n) is 7.66. The highest BCUT2D eigenvalue weighted by Gasteiger charge is 2.12. The largest absolute Gasteiger partial charge is 0.491 e. The van der Waals surface area contributed by atoms with Gasteiger partial charge in [-0.2, -0.15) is 5.10 Å². The minimum atomic E-state index is -0.137. The first-order valence-corrected chi connectivity index (χ1v) is 8.20. The Morgan fingerprint density at radius 2 is 2.17 bits per heavy atom. The van der Waals surface area contributed by atoms with Crippen LogP contribution in [0.15, 0.2) is 24.3 Å². The summed E-state index contributed by atoms with van der Waals surface area (Å²) in [4.78, 5) is 12.2. The number of aromatic nitrogens is 2. The van der Waals surface area contributed by atoms with Gasteiger partial charge in [0, 0.05) is 12.4 Å². The normalized spacial score (nSPS) is 10.6. The molecule has 0 saturated heterocycles. The molecular weight excluding hydrogens is 314 g/mol. The van der Waals surface area contributed by atoms with Crippen molar-refractivity contribution in [3.8, 4) is 5.75 Å². The van der Waals surface area contributed by atoms with Crippen LogP contribution in [-0.2, 0) is 12.4 Å². The summed E-state index contributed by atoms with van der Waals surface area (Å²) in [5, 5.41) is 7.12. The highest BCUT2D eigenvalue weighted by Crippen LogP contribution is 2.22. The number of hydrogen-bond donors (Lipinski definition) is 1. The van der Waals surface area contributed by atoms with Crippen LogP contribution in [0.25, 0.3) is 0 Å². The van der Waals surface area contributed by atoms with Gasteiger partial charge in [-0.15, -0.1) is 11.6 Å². The molecule has 1 aromatic carbocycles. The lowest BCUT2D eigenvalue weighted by molar-refractivity contribution is 0.0936. The minimum absolute atomic E-state index is 0.137. The Kier molecular flexibility index (Phi) is 6.04. The molecule has 23 heavy (non-hydrogen) atoms. The number of halogens is 1. The van der Waals surface area contributed by atoms with Crippen LogP contribution in [0.2, 0.25) is 0 Å². The van der Waals surface area contributed by atoms with E-state index in [1.54, 1.807) is 10.7 Å². The predicted octanol–water partition coefficient (Wildman–Crippen LogP) is 3.07. The van der Waals surface area contributed by atoms with E-state index in [-0.39, 0.29) is 5.91 Å². The molecule has 0 fully saturated rings. The summed E-state index contributed by atoms with van der Waals surface area (Å²) >= 11 is 5.88. The van der Waals surface area contributed by atoms with Gasteiger partial charge in [-0.1, -0.05) is 12.1 Å². The second-order valence-corrected chi connectivity index (χ2v) is 5.53. The van der Waals surface area contributed by atoms with Gasteiger partial charge < -0.3 is 10.1 Å². The number of ether oxygens (including phenoxy) is 1. The molecule has 0 spiro atoms. The van der Waals surface area contributed by atoms with Crippen molar-refractivity contribution in [2.24, 2.45) is 0 Å². The van der Waals surface area contributed by atoms with Crippen LogP contribution >= 0.6 is 11.6 Å². The Labute approximate surface area is 141 Å². The van der Waals surface area contributed by atoms with E-state index in [4.69, 9.17) is 16.3 Å². The first-order chi connectivity index (χ1) is 11.1. The standard InChI is InChI=1S/C17H22ClN3O2/c1-4-21-15(10-12(2)20-21)17(22)19-8-9-23-16-7-5-6-14(11-18)13(16)3/h5-7,10H,4,8-9,11H2,1-3H3,(H,19,22). The van der Waals surface area contributed by atoms with Gasteiger partial charge in [-0.3, -0.25) is 9.48 Å². The SMILES string of the molecule is CCn1nc(C)cc1C(=O)NCCOc1cccc(CCl)c1C. The second-order valence-electron chi connectivity index (χ2n) is 5.26. The van der Waals surface area contributed by atoms with Crippen LogP contribution in [0.4, 0.5) is 0 Å². The van der Waals surface area contributed by atoms with Crippen molar-refractivity contribution in [2.75, 3.05) is 13.2 Å². The van der Waals surface area contributed by atoms with Crippen molar-refractivity contribution in [3.05, 3.63) is 46.8 Å².